The van der Waals surface area contributed by atoms with Crippen molar-refractivity contribution >= 4 is 125 Å². The molecule has 0 bridgehead atoms. The van der Waals surface area contributed by atoms with Crippen molar-refractivity contribution in [2.45, 2.75) is 136 Å². The first-order valence-corrected chi connectivity index (χ1v) is 60.3. The average molecular weight is 2250 g/mol. The van der Waals surface area contributed by atoms with Crippen LogP contribution >= 0.6 is 46.4 Å². The molecule has 0 amide bonds. The maximum atomic E-state index is 15.4. The van der Waals surface area contributed by atoms with Gasteiger partial charge in [-0.15, -0.1) is 0 Å². The van der Waals surface area contributed by atoms with Crippen LogP contribution in [-0.2, 0) is 103 Å². The molecule has 43 heteroatoms. The maximum Gasteiger partial charge on any atom is 0.195 e. The molecule has 146 heavy (non-hydrogen) atoms. The number of rotatable bonds is 22. The van der Waals surface area contributed by atoms with Gasteiger partial charge >= 0.3 is 0 Å². The Morgan fingerprint density at radius 3 is 0.884 bits per heavy atom. The summed E-state index contributed by atoms with van der Waals surface area (Å²) in [6.07, 6.45) is 3.75. The second-order valence-electron chi connectivity index (χ2n) is 37.5. The lowest BCUT2D eigenvalue weighted by Gasteiger charge is -2.49. The van der Waals surface area contributed by atoms with Gasteiger partial charge in [0.25, 0.3) is 0 Å². The Morgan fingerprint density at radius 1 is 0.315 bits per heavy atom. The highest BCUT2D eigenvalue weighted by atomic mass is 35.5. The predicted molar refractivity (Wildman–Crippen MR) is 528 cm³/mol. The van der Waals surface area contributed by atoms with Gasteiger partial charge in [0, 0.05) is 50.0 Å². The molecule has 8 aliphatic rings. The van der Waals surface area contributed by atoms with Crippen molar-refractivity contribution in [1.82, 2.24) is 4.98 Å². The molecule has 0 unspecified atom stereocenters. The van der Waals surface area contributed by atoms with E-state index in [-0.39, 0.29) is 201 Å². The van der Waals surface area contributed by atoms with Gasteiger partial charge in [0.05, 0.1) is 114 Å². The molecule has 4 saturated carbocycles. The molecule has 10 aromatic carbocycles. The number of hydrogen-bond acceptors (Lipinski definition) is 23. The van der Waals surface area contributed by atoms with E-state index in [9.17, 15) is 84.9 Å². The minimum atomic E-state index is -4.29. The molecule has 23 nitrogen and oxygen atoms in total. The van der Waals surface area contributed by atoms with Crippen LogP contribution in [0, 0.1) is 93.9 Å². The molecule has 0 N–H and O–H groups in total. The molecule has 4 aliphatic heterocycles. The quantitative estimate of drug-likeness (QED) is 0.0569. The SMILES string of the molecule is COc1ccc(S(=O)(=O)C[C@@H]2CC[C@@]3(S(=O)(=O)c4ccc(Cl)cc4)c4c(F)ccc(F)c4OC[C@H]3C2)cc1.O=S(=O)(C[C@@H]1CC[C@@]2(S(=O)(=O)c3ccc(Cl)cc3)c3c(F)ccc(F)c3OC[C@H]2C1)c1ccccn1.O=S(=O)(C[C@H]1CC[C@@]2(S(=O)(=O)c3ccc(Cl)cc3)c3c(F)ccc(F)c3OC[C@H]2C1)c1ccccc1.O=S(=O)(Cc1ccco1)C[C@@H]1CC[C@@]2(S(=O)(=O)c3ccc(Cl)cc3)c3c(F)ccc(F)c3OC[C@H]2C1. The van der Waals surface area contributed by atoms with Gasteiger partial charge in [0.15, 0.2) is 130 Å². The molecule has 2 aromatic heterocycles. The fourth-order valence-electron chi connectivity index (χ4n) is 22.5. The highest BCUT2D eigenvalue weighted by Crippen LogP contribution is 2.64. The number of benzene rings is 10. The summed E-state index contributed by atoms with van der Waals surface area (Å²) in [5.74, 6) is -13.6. The molecular weight excluding hydrogens is 2150 g/mol. The van der Waals surface area contributed by atoms with E-state index in [0.717, 1.165) is 48.5 Å². The molecule has 20 rings (SSSR count). The summed E-state index contributed by atoms with van der Waals surface area (Å²) in [5.41, 5.74) is -1.32. The number of methoxy groups -OCH3 is 1. The molecule has 0 spiro atoms. The number of pyridine rings is 1. The van der Waals surface area contributed by atoms with Gasteiger partial charge in [-0.2, -0.15) is 0 Å². The standard InChI is InChI=1S/C27H25ClF2O6S2.C26H23ClF2O5S2.C25H22ClF2NO5S2.C25H23ClF2O6S2/c1-35-20-4-8-21(9-5-20)37(31,32)16-17-12-13-27(38(33,34)22-6-2-19(28)3-7-22)18(14-17)15-36-26-24(30)11-10-23(29)25(26)27;27-19-6-8-21(9-7-19)36(32,33)26-13-12-17(16-35(30,31)20-4-2-1-3-5-20)14-18(26)15-34-25-23(29)11-10-22(28)24(25)26;26-18-4-6-19(7-5-18)36(32,33)25-11-10-16(15-35(30,31)22-3-1-2-12-29-22)13-17(25)14-34-24-21(28)9-8-20(27)23(24)25;26-18-3-5-20(6-4-18)36(31,32)25-10-9-16(14-35(29,30)15-19-2-1-11-33-19)12-17(25)13-34-24-22(28)8-7-21(27)23(24)25/h2-11,17-18H,12-16H2,1H3;1-11,17-18H,12-16H2;1-9,12,16-17H,10-11,13-15H2;1-8,11,16-17H,9-10,12-15H2/t17-,18-,27+;17-,18+,26-;2*16-,17-,25+/m1011/s1. The summed E-state index contributed by atoms with van der Waals surface area (Å²) < 4.78 is 363. The first kappa shape index (κ1) is 107. The van der Waals surface area contributed by atoms with E-state index in [1.54, 1.807) is 54.6 Å². The highest BCUT2D eigenvalue weighted by Gasteiger charge is 2.65. The van der Waals surface area contributed by atoms with Gasteiger partial charge in [-0.25, -0.2) is 107 Å². The summed E-state index contributed by atoms with van der Waals surface area (Å²) in [6, 6.07) is 51.3. The smallest absolute Gasteiger partial charge is 0.195 e. The van der Waals surface area contributed by atoms with Crippen molar-refractivity contribution in [3.05, 3.63) is 338 Å². The molecule has 12 atom stereocenters. The number of ether oxygens (including phenoxy) is 5. The Kier molecular flexibility index (Phi) is 30.5. The molecule has 6 heterocycles. The predicted octanol–water partition coefficient (Wildman–Crippen LogP) is 21.4. The Balaban J connectivity index is 0.000000133. The minimum absolute atomic E-state index is 0.0611. The number of furan rings is 1. The lowest BCUT2D eigenvalue weighted by atomic mass is 9.69. The Labute approximate surface area is 860 Å². The third kappa shape index (κ3) is 20.0. The van der Waals surface area contributed by atoms with Crippen LogP contribution in [0.3, 0.4) is 0 Å². The van der Waals surface area contributed by atoms with E-state index in [4.69, 9.17) is 74.5 Å². The normalized spacial score (nSPS) is 23.7. The van der Waals surface area contributed by atoms with Crippen LogP contribution < -0.4 is 23.7 Å². The summed E-state index contributed by atoms with van der Waals surface area (Å²) >= 11 is 23.8. The Hall–Kier alpha value is -10.2. The molecule has 4 fully saturated rings. The van der Waals surface area contributed by atoms with Crippen molar-refractivity contribution in [3.63, 3.8) is 0 Å². The van der Waals surface area contributed by atoms with Gasteiger partial charge in [0.2, 0.25) is 0 Å². The zero-order valence-electron chi connectivity index (χ0n) is 77.3. The Morgan fingerprint density at radius 2 is 0.596 bits per heavy atom. The molecule has 4 aliphatic carbocycles. The Bertz CT molecular complexity index is 7730. The second kappa shape index (κ2) is 41.6. The zero-order valence-corrected chi connectivity index (χ0v) is 86.8. The van der Waals surface area contributed by atoms with E-state index in [2.05, 4.69) is 4.98 Å². The number of halogens is 12. The number of nitrogens with zero attached hydrogens (tertiary/aromatic N) is 1. The van der Waals surface area contributed by atoms with Crippen LogP contribution in [0.4, 0.5) is 35.1 Å². The monoisotopic (exact) mass is 2240 g/mol. The molecular formula is C103H93Cl4F8NO22S8. The minimum Gasteiger partial charge on any atom is -0.497 e. The van der Waals surface area contributed by atoms with Gasteiger partial charge in [-0.1, -0.05) is 70.7 Å². The van der Waals surface area contributed by atoms with E-state index in [1.165, 1.54) is 147 Å². The van der Waals surface area contributed by atoms with Crippen LogP contribution in [0.25, 0.3) is 0 Å². The summed E-state index contributed by atoms with van der Waals surface area (Å²) in [7, 11) is -30.3. The van der Waals surface area contributed by atoms with Crippen LogP contribution in [0.5, 0.6) is 28.7 Å². The van der Waals surface area contributed by atoms with Gasteiger partial charge in [0.1, 0.15) is 59.5 Å². The third-order valence-corrected chi connectivity index (χ3v) is 47.8. The number of sulfone groups is 8. The second-order valence-corrected chi connectivity index (χ2v) is 56.3. The van der Waals surface area contributed by atoms with Gasteiger partial charge in [-0.3, -0.25) is 0 Å². The van der Waals surface area contributed by atoms with E-state index < -0.39 is 203 Å². The van der Waals surface area contributed by atoms with Crippen LogP contribution in [-0.4, -0.2) is 129 Å². The third-order valence-electron chi connectivity index (χ3n) is 29.1. The van der Waals surface area contributed by atoms with Crippen molar-refractivity contribution in [3.8, 4) is 28.7 Å². The lowest BCUT2D eigenvalue weighted by Crippen LogP contribution is -2.52. The molecule has 0 saturated heterocycles. The molecule has 774 valence electrons. The van der Waals surface area contributed by atoms with Crippen molar-refractivity contribution < 1.29 is 131 Å². The zero-order chi connectivity index (χ0) is 104. The topological polar surface area (TPSA) is 345 Å². The largest absolute Gasteiger partial charge is 0.497 e. The lowest BCUT2D eigenvalue weighted by molar-refractivity contribution is 0.103. The average Bonchev–Trinajstić information content (AvgIpc) is 1.04. The van der Waals surface area contributed by atoms with E-state index in [1.807, 2.05) is 0 Å². The molecule has 12 aromatic rings. The van der Waals surface area contributed by atoms with Crippen molar-refractivity contribution in [1.29, 1.82) is 0 Å². The highest BCUT2D eigenvalue weighted by molar-refractivity contribution is 7.94. The number of hydrogen-bond donors (Lipinski definition) is 0. The number of aromatic nitrogens is 1. The summed E-state index contributed by atoms with van der Waals surface area (Å²) in [6.45, 7) is -0.753. The van der Waals surface area contributed by atoms with Crippen LogP contribution in [0.2, 0.25) is 20.1 Å². The first-order chi connectivity index (χ1) is 69.1. The van der Waals surface area contributed by atoms with Crippen LogP contribution in [0.1, 0.15) is 105 Å². The fourth-order valence-corrected chi connectivity index (χ4v) is 39.2. The van der Waals surface area contributed by atoms with E-state index in [0.29, 0.717) is 31.6 Å². The van der Waals surface area contributed by atoms with Crippen molar-refractivity contribution in [2.75, 3.05) is 56.5 Å². The summed E-state index contributed by atoms with van der Waals surface area (Å²) in [4.78, 5) is 3.96. The fraction of sp³-hybridized carbons (Fsp3) is 0.330. The van der Waals surface area contributed by atoms with Gasteiger partial charge in [-0.05, 0) is 307 Å². The van der Waals surface area contributed by atoms with Crippen LogP contribution in [0.15, 0.2) is 282 Å². The first-order valence-electron chi connectivity index (χ1n) is 46.1. The van der Waals surface area contributed by atoms with Gasteiger partial charge < -0.3 is 28.1 Å². The van der Waals surface area contributed by atoms with E-state index >= 15 is 17.6 Å². The molecule has 0 radical (unpaired) electrons. The van der Waals surface area contributed by atoms with Crippen molar-refractivity contribution in [2.24, 2.45) is 47.3 Å². The maximum absolute atomic E-state index is 15.4. The number of fused-ring (bicyclic) bond motifs is 12. The summed E-state index contributed by atoms with van der Waals surface area (Å²) in [5, 5.41) is 1.26.